The minimum atomic E-state index is -0.00569. The van der Waals surface area contributed by atoms with E-state index < -0.39 is 0 Å². The summed E-state index contributed by atoms with van der Waals surface area (Å²) in [7, 11) is 3.60. The van der Waals surface area contributed by atoms with Crippen LogP contribution in [0, 0.1) is 0 Å². The summed E-state index contributed by atoms with van der Waals surface area (Å²) in [4.78, 5) is 4.25. The van der Waals surface area contributed by atoms with Gasteiger partial charge in [-0.15, -0.1) is 0 Å². The summed E-state index contributed by atoms with van der Waals surface area (Å²) in [5.74, 6) is 0.761. The number of methoxy groups -OCH3 is 1. The molecule has 1 aliphatic heterocycles. The number of aromatic nitrogens is 1. The highest BCUT2D eigenvalue weighted by atomic mass is 16.5. The fourth-order valence-corrected chi connectivity index (χ4v) is 2.91. The molecule has 1 aromatic heterocycles. The van der Waals surface area contributed by atoms with Crippen molar-refractivity contribution in [2.24, 2.45) is 0 Å². The molecule has 4 nitrogen and oxygen atoms in total. The van der Waals surface area contributed by atoms with Crippen molar-refractivity contribution < 1.29 is 9.47 Å². The molecule has 2 heterocycles. The Morgan fingerprint density at radius 1 is 1.33 bits per heavy atom. The van der Waals surface area contributed by atoms with Crippen LogP contribution in [-0.4, -0.2) is 25.7 Å². The van der Waals surface area contributed by atoms with Gasteiger partial charge >= 0.3 is 0 Å². The van der Waals surface area contributed by atoms with Crippen LogP contribution < -0.4 is 10.1 Å². The number of nitrogens with zero attached hydrogens (tertiary/aromatic N) is 1. The van der Waals surface area contributed by atoms with Gasteiger partial charge in [0.15, 0.2) is 0 Å². The lowest BCUT2D eigenvalue weighted by atomic mass is 9.90. The Labute approximate surface area is 125 Å². The van der Waals surface area contributed by atoms with Gasteiger partial charge in [0.05, 0.1) is 26.0 Å². The molecule has 3 rings (SSSR count). The molecule has 2 unspecified atom stereocenters. The molecule has 2 atom stereocenters. The number of hydrogen-bond donors (Lipinski definition) is 1. The van der Waals surface area contributed by atoms with E-state index in [1.54, 1.807) is 13.3 Å². The number of fused-ring (bicyclic) bond motifs is 1. The maximum atomic E-state index is 6.05. The van der Waals surface area contributed by atoms with E-state index in [-0.39, 0.29) is 12.1 Å². The molecule has 4 heteroatoms. The molecule has 0 bridgehead atoms. The lowest BCUT2D eigenvalue weighted by Crippen LogP contribution is -2.29. The standard InChI is InChI=1S/C17H20N2O2/c1-18-16(13-9-14(20-2)11-19-10-13)17-15-6-4-3-5-12(15)7-8-21-17/h3-6,9-11,16-18H,7-8H2,1-2H3. The summed E-state index contributed by atoms with van der Waals surface area (Å²) in [5, 5.41) is 3.36. The van der Waals surface area contributed by atoms with Crippen LogP contribution in [0.4, 0.5) is 0 Å². The zero-order chi connectivity index (χ0) is 14.7. The van der Waals surface area contributed by atoms with Gasteiger partial charge in [0, 0.05) is 6.20 Å². The van der Waals surface area contributed by atoms with Crippen molar-refractivity contribution in [2.45, 2.75) is 18.6 Å². The lowest BCUT2D eigenvalue weighted by molar-refractivity contribution is 0.0164. The predicted molar refractivity (Wildman–Crippen MR) is 81.4 cm³/mol. The SMILES string of the molecule is CNC(c1cncc(OC)c1)C1OCCc2ccccc21. The van der Waals surface area contributed by atoms with E-state index in [0.29, 0.717) is 0 Å². The number of likely N-dealkylation sites (N-methyl/N-ethyl adjacent to an activating group) is 1. The third-order valence-corrected chi connectivity index (χ3v) is 3.97. The van der Waals surface area contributed by atoms with Crippen molar-refractivity contribution in [2.75, 3.05) is 20.8 Å². The van der Waals surface area contributed by atoms with Gasteiger partial charge < -0.3 is 14.8 Å². The van der Waals surface area contributed by atoms with Crippen LogP contribution in [0.1, 0.15) is 28.8 Å². The number of pyridine rings is 1. The first-order valence-corrected chi connectivity index (χ1v) is 7.19. The Balaban J connectivity index is 1.97. The van der Waals surface area contributed by atoms with Crippen LogP contribution in [-0.2, 0) is 11.2 Å². The first-order valence-electron chi connectivity index (χ1n) is 7.19. The zero-order valence-electron chi connectivity index (χ0n) is 12.4. The monoisotopic (exact) mass is 284 g/mol. The molecule has 1 N–H and O–H groups in total. The van der Waals surface area contributed by atoms with Gasteiger partial charge in [-0.05, 0) is 36.2 Å². The molecule has 0 amide bonds. The van der Waals surface area contributed by atoms with Crippen LogP contribution in [0.15, 0.2) is 42.7 Å². The van der Waals surface area contributed by atoms with Crippen LogP contribution in [0.5, 0.6) is 5.75 Å². The minimum absolute atomic E-state index is 0.00569. The number of rotatable bonds is 4. The molecule has 0 spiro atoms. The van der Waals surface area contributed by atoms with Crippen molar-refractivity contribution in [1.29, 1.82) is 0 Å². The number of nitrogens with one attached hydrogen (secondary N) is 1. The summed E-state index contributed by atoms with van der Waals surface area (Å²) in [6.07, 6.45) is 4.55. The summed E-state index contributed by atoms with van der Waals surface area (Å²) in [6, 6.07) is 10.5. The molecule has 110 valence electrons. The summed E-state index contributed by atoms with van der Waals surface area (Å²) < 4.78 is 11.3. The van der Waals surface area contributed by atoms with E-state index in [0.717, 1.165) is 24.3 Å². The van der Waals surface area contributed by atoms with Gasteiger partial charge in [-0.1, -0.05) is 24.3 Å². The van der Waals surface area contributed by atoms with Crippen LogP contribution in [0.25, 0.3) is 0 Å². The van der Waals surface area contributed by atoms with Crippen LogP contribution >= 0.6 is 0 Å². The van der Waals surface area contributed by atoms with E-state index in [4.69, 9.17) is 9.47 Å². The van der Waals surface area contributed by atoms with Crippen molar-refractivity contribution in [1.82, 2.24) is 10.3 Å². The Hall–Kier alpha value is -1.91. The van der Waals surface area contributed by atoms with E-state index in [1.165, 1.54) is 11.1 Å². The third kappa shape index (κ3) is 2.77. The highest BCUT2D eigenvalue weighted by Gasteiger charge is 2.29. The smallest absolute Gasteiger partial charge is 0.137 e. The van der Waals surface area contributed by atoms with Crippen molar-refractivity contribution in [3.8, 4) is 5.75 Å². The maximum Gasteiger partial charge on any atom is 0.137 e. The largest absolute Gasteiger partial charge is 0.495 e. The van der Waals surface area contributed by atoms with E-state index >= 15 is 0 Å². The second-order valence-electron chi connectivity index (χ2n) is 5.16. The fraction of sp³-hybridized carbons (Fsp3) is 0.353. The maximum absolute atomic E-state index is 6.05. The molecule has 0 saturated carbocycles. The highest BCUT2D eigenvalue weighted by Crippen LogP contribution is 2.37. The van der Waals surface area contributed by atoms with Crippen LogP contribution in [0.3, 0.4) is 0 Å². The third-order valence-electron chi connectivity index (χ3n) is 3.97. The number of hydrogen-bond acceptors (Lipinski definition) is 4. The average molecular weight is 284 g/mol. The summed E-state index contributed by atoms with van der Waals surface area (Å²) >= 11 is 0. The molecule has 0 aliphatic carbocycles. The quantitative estimate of drug-likeness (QED) is 0.937. The van der Waals surface area contributed by atoms with Gasteiger partial charge in [-0.25, -0.2) is 0 Å². The first kappa shape index (κ1) is 14.0. The Kier molecular flexibility index (Phi) is 4.18. The normalized spacial score (nSPS) is 18.9. The molecule has 0 saturated heterocycles. The number of benzene rings is 1. The number of ether oxygens (including phenoxy) is 2. The molecular formula is C17H20N2O2. The molecule has 0 fully saturated rings. The van der Waals surface area contributed by atoms with E-state index in [2.05, 4.69) is 34.6 Å². The van der Waals surface area contributed by atoms with Crippen LogP contribution in [0.2, 0.25) is 0 Å². The highest BCUT2D eigenvalue weighted by molar-refractivity contribution is 5.35. The van der Waals surface area contributed by atoms with Gasteiger partial charge in [0.2, 0.25) is 0 Å². The Morgan fingerprint density at radius 2 is 2.19 bits per heavy atom. The average Bonchev–Trinajstić information content (AvgIpc) is 2.56. The molecule has 1 aliphatic rings. The Bertz CT molecular complexity index is 615. The van der Waals surface area contributed by atoms with Gasteiger partial charge in [0.25, 0.3) is 0 Å². The molecule has 2 aromatic rings. The second kappa shape index (κ2) is 6.24. The lowest BCUT2D eigenvalue weighted by Gasteiger charge is -2.32. The van der Waals surface area contributed by atoms with Gasteiger partial charge in [-0.2, -0.15) is 0 Å². The van der Waals surface area contributed by atoms with Crippen molar-refractivity contribution >= 4 is 0 Å². The molecule has 21 heavy (non-hydrogen) atoms. The first-order chi connectivity index (χ1) is 10.3. The zero-order valence-corrected chi connectivity index (χ0v) is 12.4. The van der Waals surface area contributed by atoms with E-state index in [1.807, 2.05) is 19.3 Å². The van der Waals surface area contributed by atoms with Crippen molar-refractivity contribution in [3.05, 3.63) is 59.4 Å². The molecule has 0 radical (unpaired) electrons. The second-order valence-corrected chi connectivity index (χ2v) is 5.16. The minimum Gasteiger partial charge on any atom is -0.495 e. The molecule has 1 aromatic carbocycles. The topological polar surface area (TPSA) is 43.4 Å². The van der Waals surface area contributed by atoms with E-state index in [9.17, 15) is 0 Å². The predicted octanol–water partition coefficient (Wildman–Crippen LogP) is 2.66. The van der Waals surface area contributed by atoms with Crippen molar-refractivity contribution in [3.63, 3.8) is 0 Å². The summed E-state index contributed by atoms with van der Waals surface area (Å²) in [5.41, 5.74) is 3.69. The fourth-order valence-electron chi connectivity index (χ4n) is 2.91. The van der Waals surface area contributed by atoms with Gasteiger partial charge in [0.1, 0.15) is 11.9 Å². The Morgan fingerprint density at radius 3 is 3.00 bits per heavy atom. The van der Waals surface area contributed by atoms with Gasteiger partial charge in [-0.3, -0.25) is 4.98 Å². The molecular weight excluding hydrogens is 264 g/mol. The summed E-state index contributed by atoms with van der Waals surface area (Å²) in [6.45, 7) is 0.747.